The highest BCUT2D eigenvalue weighted by Gasteiger charge is 2.31. The number of ether oxygens (including phenoxy) is 1. The fraction of sp³-hybridized carbons (Fsp3) is 0.643. The van der Waals surface area contributed by atoms with Gasteiger partial charge < -0.3 is 15.0 Å². The van der Waals surface area contributed by atoms with Gasteiger partial charge in [-0.3, -0.25) is 0 Å². The van der Waals surface area contributed by atoms with E-state index in [9.17, 15) is 0 Å². The van der Waals surface area contributed by atoms with Crippen LogP contribution in [0.5, 0.6) is 0 Å². The van der Waals surface area contributed by atoms with E-state index in [2.05, 4.69) is 49.2 Å². The van der Waals surface area contributed by atoms with E-state index in [4.69, 9.17) is 9.72 Å². The quantitative estimate of drug-likeness (QED) is 0.886. The molecule has 0 radical (unpaired) electrons. The molecule has 0 aliphatic carbocycles. The Hall–Kier alpha value is -1.13. The summed E-state index contributed by atoms with van der Waals surface area (Å²) in [6, 6.07) is 6.20. The Kier molecular flexibility index (Phi) is 3.88. The lowest BCUT2D eigenvalue weighted by molar-refractivity contribution is -0.0751. The summed E-state index contributed by atoms with van der Waals surface area (Å²) in [6.07, 6.45) is 0.239. The lowest BCUT2D eigenvalue weighted by Gasteiger charge is -2.42. The molecule has 4 nitrogen and oxygen atoms in total. The molecule has 1 saturated heterocycles. The smallest absolute Gasteiger partial charge is 0.129 e. The second kappa shape index (κ2) is 5.24. The Morgan fingerprint density at radius 1 is 1.50 bits per heavy atom. The first-order chi connectivity index (χ1) is 8.50. The van der Waals surface area contributed by atoms with Crippen molar-refractivity contribution in [3.05, 3.63) is 23.9 Å². The van der Waals surface area contributed by atoms with Gasteiger partial charge in [-0.15, -0.1) is 0 Å². The van der Waals surface area contributed by atoms with Gasteiger partial charge in [0, 0.05) is 19.6 Å². The van der Waals surface area contributed by atoms with Crippen molar-refractivity contribution in [3.8, 4) is 0 Å². The molecule has 0 aromatic carbocycles. The minimum absolute atomic E-state index is 0.113. The number of pyridine rings is 1. The number of rotatable bonds is 3. The van der Waals surface area contributed by atoms with Crippen LogP contribution in [0.2, 0.25) is 0 Å². The van der Waals surface area contributed by atoms with Crippen LogP contribution < -0.4 is 10.2 Å². The molecule has 1 aromatic rings. The Balaban J connectivity index is 2.17. The van der Waals surface area contributed by atoms with Crippen molar-refractivity contribution in [3.63, 3.8) is 0 Å². The van der Waals surface area contributed by atoms with Gasteiger partial charge in [-0.25, -0.2) is 4.98 Å². The van der Waals surface area contributed by atoms with Crippen LogP contribution in [-0.2, 0) is 11.3 Å². The van der Waals surface area contributed by atoms with E-state index in [1.54, 1.807) is 0 Å². The molecule has 1 aromatic heterocycles. The molecular weight excluding hydrogens is 226 g/mol. The number of hydrogen-bond acceptors (Lipinski definition) is 4. The average molecular weight is 249 g/mol. The number of nitrogens with zero attached hydrogens (tertiary/aromatic N) is 2. The fourth-order valence-corrected chi connectivity index (χ4v) is 2.55. The SMILES string of the molecule is CNCc1cccc(N2CC(C)OC(C)(C)C2)n1. The number of morpholine rings is 1. The first kappa shape index (κ1) is 13.3. The summed E-state index contributed by atoms with van der Waals surface area (Å²) in [5.74, 6) is 1.05. The van der Waals surface area contributed by atoms with Crippen LogP contribution in [0, 0.1) is 0 Å². The summed E-state index contributed by atoms with van der Waals surface area (Å²) >= 11 is 0. The molecule has 0 spiro atoms. The van der Waals surface area contributed by atoms with Gasteiger partial charge in [-0.05, 0) is 40.0 Å². The van der Waals surface area contributed by atoms with Crippen LogP contribution in [0.1, 0.15) is 26.5 Å². The predicted molar refractivity (Wildman–Crippen MR) is 73.8 cm³/mol. The maximum absolute atomic E-state index is 5.92. The van der Waals surface area contributed by atoms with E-state index in [0.29, 0.717) is 0 Å². The molecular formula is C14H23N3O. The van der Waals surface area contributed by atoms with Crippen LogP contribution in [0.3, 0.4) is 0 Å². The molecule has 1 unspecified atom stereocenters. The molecule has 0 amide bonds. The molecule has 1 aliphatic heterocycles. The number of hydrogen-bond donors (Lipinski definition) is 1. The van der Waals surface area contributed by atoms with Crippen LogP contribution in [-0.4, -0.2) is 36.8 Å². The lowest BCUT2D eigenvalue weighted by atomic mass is 10.1. The zero-order valence-corrected chi connectivity index (χ0v) is 11.7. The van der Waals surface area contributed by atoms with E-state index in [1.165, 1.54) is 0 Å². The zero-order chi connectivity index (χ0) is 13.2. The molecule has 2 heterocycles. The van der Waals surface area contributed by atoms with Gasteiger partial charge in [0.05, 0.1) is 17.4 Å². The van der Waals surface area contributed by atoms with E-state index in [-0.39, 0.29) is 11.7 Å². The molecule has 1 N–H and O–H groups in total. The minimum atomic E-state index is -0.113. The first-order valence-electron chi connectivity index (χ1n) is 6.53. The Morgan fingerprint density at radius 2 is 2.28 bits per heavy atom. The van der Waals surface area contributed by atoms with E-state index >= 15 is 0 Å². The Bertz CT molecular complexity index is 406. The molecule has 18 heavy (non-hydrogen) atoms. The molecule has 2 rings (SSSR count). The van der Waals surface area contributed by atoms with E-state index in [1.807, 2.05) is 7.05 Å². The van der Waals surface area contributed by atoms with Gasteiger partial charge in [-0.1, -0.05) is 6.07 Å². The van der Waals surface area contributed by atoms with E-state index < -0.39 is 0 Å². The first-order valence-corrected chi connectivity index (χ1v) is 6.53. The third-order valence-corrected chi connectivity index (χ3v) is 3.04. The van der Waals surface area contributed by atoms with Gasteiger partial charge in [-0.2, -0.15) is 0 Å². The topological polar surface area (TPSA) is 37.4 Å². The van der Waals surface area contributed by atoms with Gasteiger partial charge >= 0.3 is 0 Å². The van der Waals surface area contributed by atoms with Gasteiger partial charge in [0.25, 0.3) is 0 Å². The third-order valence-electron chi connectivity index (χ3n) is 3.04. The fourth-order valence-electron chi connectivity index (χ4n) is 2.55. The largest absolute Gasteiger partial charge is 0.369 e. The normalized spacial score (nSPS) is 23.1. The van der Waals surface area contributed by atoms with Crippen molar-refractivity contribution in [2.75, 3.05) is 25.0 Å². The van der Waals surface area contributed by atoms with Crippen LogP contribution in [0.25, 0.3) is 0 Å². The molecule has 4 heteroatoms. The highest BCUT2D eigenvalue weighted by atomic mass is 16.5. The second-order valence-electron chi connectivity index (χ2n) is 5.59. The molecule has 1 fully saturated rings. The van der Waals surface area contributed by atoms with E-state index in [0.717, 1.165) is 31.1 Å². The summed E-state index contributed by atoms with van der Waals surface area (Å²) in [6.45, 7) is 8.97. The third kappa shape index (κ3) is 3.21. The van der Waals surface area contributed by atoms with Crippen LogP contribution in [0.15, 0.2) is 18.2 Å². The van der Waals surface area contributed by atoms with Crippen molar-refractivity contribution >= 4 is 5.82 Å². The maximum atomic E-state index is 5.92. The van der Waals surface area contributed by atoms with Crippen molar-refractivity contribution in [1.82, 2.24) is 10.3 Å². The summed E-state index contributed by atoms with van der Waals surface area (Å²) in [7, 11) is 1.94. The molecule has 1 atom stereocenters. The van der Waals surface area contributed by atoms with Crippen LogP contribution in [0.4, 0.5) is 5.82 Å². The summed E-state index contributed by atoms with van der Waals surface area (Å²) in [5.41, 5.74) is 0.963. The average Bonchev–Trinajstić information content (AvgIpc) is 2.27. The molecule has 100 valence electrons. The molecule has 0 bridgehead atoms. The number of aromatic nitrogens is 1. The predicted octanol–water partition coefficient (Wildman–Crippen LogP) is 1.80. The molecule has 0 saturated carbocycles. The van der Waals surface area contributed by atoms with Crippen molar-refractivity contribution in [1.29, 1.82) is 0 Å². The minimum Gasteiger partial charge on any atom is -0.369 e. The summed E-state index contributed by atoms with van der Waals surface area (Å²) in [5, 5.41) is 3.13. The van der Waals surface area contributed by atoms with Gasteiger partial charge in [0.15, 0.2) is 0 Å². The number of nitrogens with one attached hydrogen (secondary N) is 1. The standard InChI is InChI=1S/C14H23N3O/c1-11-9-17(10-14(2,3)18-11)13-7-5-6-12(16-13)8-15-4/h5-7,11,15H,8-10H2,1-4H3. The molecule has 1 aliphatic rings. The lowest BCUT2D eigenvalue weighted by Crippen LogP contribution is -2.52. The highest BCUT2D eigenvalue weighted by molar-refractivity contribution is 5.40. The highest BCUT2D eigenvalue weighted by Crippen LogP contribution is 2.24. The zero-order valence-electron chi connectivity index (χ0n) is 11.7. The maximum Gasteiger partial charge on any atom is 0.129 e. The van der Waals surface area contributed by atoms with Crippen molar-refractivity contribution in [2.45, 2.75) is 39.0 Å². The van der Waals surface area contributed by atoms with Crippen molar-refractivity contribution in [2.24, 2.45) is 0 Å². The van der Waals surface area contributed by atoms with Crippen molar-refractivity contribution < 1.29 is 4.74 Å². The monoisotopic (exact) mass is 249 g/mol. The second-order valence-corrected chi connectivity index (χ2v) is 5.59. The van der Waals surface area contributed by atoms with Gasteiger partial charge in [0.2, 0.25) is 0 Å². The Labute approximate surface area is 109 Å². The summed E-state index contributed by atoms with van der Waals surface area (Å²) < 4.78 is 5.92. The summed E-state index contributed by atoms with van der Waals surface area (Å²) in [4.78, 5) is 7.01. The van der Waals surface area contributed by atoms with Gasteiger partial charge in [0.1, 0.15) is 5.82 Å². The van der Waals surface area contributed by atoms with Crippen LogP contribution >= 0.6 is 0 Å². The Morgan fingerprint density at radius 3 is 2.94 bits per heavy atom. The number of anilines is 1.